The van der Waals surface area contributed by atoms with Crippen molar-refractivity contribution < 1.29 is 119 Å². The molecule has 0 fully saturated rings. The van der Waals surface area contributed by atoms with Gasteiger partial charge < -0.3 is 20.8 Å². The molecule has 0 bridgehead atoms. The third kappa shape index (κ3) is 90.8. The van der Waals surface area contributed by atoms with Crippen molar-refractivity contribution in [2.45, 2.75) is 20.8 Å². The molecule has 0 amide bonds. The Morgan fingerprint density at radius 1 is 0.700 bits per heavy atom. The van der Waals surface area contributed by atoms with Crippen molar-refractivity contribution >= 4 is 0 Å². The van der Waals surface area contributed by atoms with Gasteiger partial charge in [-0.25, -0.2) is 0 Å². The molecular weight excluding hydrogens is 523 g/mol. The van der Waals surface area contributed by atoms with Crippen LogP contribution in [0.15, 0.2) is 0 Å². The number of rotatable bonds is 0. The van der Waals surface area contributed by atoms with E-state index in [9.17, 15) is 0 Å². The summed E-state index contributed by atoms with van der Waals surface area (Å²) in [5.74, 6) is 1.42. The van der Waals surface area contributed by atoms with Gasteiger partial charge in [0.15, 0.2) is 0 Å². The summed E-state index contributed by atoms with van der Waals surface area (Å²) < 4.78 is 0. The van der Waals surface area contributed by atoms with Gasteiger partial charge in [-0.1, -0.05) is 0 Å². The predicted octanol–water partition coefficient (Wildman–Crippen LogP) is 2.51. The Morgan fingerprint density at radius 3 is 0.700 bits per heavy atom. The van der Waals surface area contributed by atoms with Gasteiger partial charge in [0.25, 0.3) is 0 Å². The standard InChI is InChI=1S/C4H9.2CH3.W.3Y/c1-4(2)3;;;;;;/h1-3H3;2*1H3;;;;/q3*-1;;;;. The first kappa shape index (κ1) is 48.3. The molecule has 0 aliphatic carbocycles. The Hall–Kier alpha value is 4.00. The fourth-order valence-corrected chi connectivity index (χ4v) is 0. The van der Waals surface area contributed by atoms with Crippen molar-refractivity contribution in [3.05, 3.63) is 20.8 Å². The molecule has 57 valence electrons. The molecule has 10 heavy (non-hydrogen) atoms. The van der Waals surface area contributed by atoms with E-state index in [1.165, 1.54) is 5.92 Å². The molecule has 0 aromatic heterocycles. The van der Waals surface area contributed by atoms with Crippen LogP contribution >= 0.6 is 0 Å². The van der Waals surface area contributed by atoms with Crippen LogP contribution in [0.5, 0.6) is 0 Å². The molecule has 0 unspecified atom stereocenters. The minimum absolute atomic E-state index is 0. The summed E-state index contributed by atoms with van der Waals surface area (Å²) in [5.41, 5.74) is 0. The Kier molecular flexibility index (Phi) is 184. The first-order valence-electron chi connectivity index (χ1n) is 1.50. The van der Waals surface area contributed by atoms with Gasteiger partial charge in [-0.3, -0.25) is 0 Å². The van der Waals surface area contributed by atoms with Gasteiger partial charge in [0.05, 0.1) is 0 Å². The molecule has 0 aromatic rings. The van der Waals surface area contributed by atoms with E-state index in [4.69, 9.17) is 0 Å². The van der Waals surface area contributed by atoms with Crippen molar-refractivity contribution in [1.29, 1.82) is 0 Å². The van der Waals surface area contributed by atoms with Crippen LogP contribution in [-0.2, 0) is 119 Å². The molecule has 0 heterocycles. The van der Waals surface area contributed by atoms with Gasteiger partial charge in [-0.05, 0) is 0 Å². The summed E-state index contributed by atoms with van der Waals surface area (Å²) in [6, 6.07) is 0. The Bertz CT molecular complexity index is 17.7. The fourth-order valence-electron chi connectivity index (χ4n) is 0. The van der Waals surface area contributed by atoms with Crippen LogP contribution in [0.2, 0.25) is 0 Å². The molecule has 0 nitrogen and oxygen atoms in total. The zero-order valence-electron chi connectivity index (χ0n) is 7.64. The van der Waals surface area contributed by atoms with Crippen LogP contribution in [0, 0.1) is 20.8 Å². The van der Waals surface area contributed by atoms with Gasteiger partial charge in [-0.15, -0.1) is 0 Å². The molecule has 0 aromatic carbocycles. The maximum Gasteiger partial charge on any atom is 0 e. The first-order valence-corrected chi connectivity index (χ1v) is 1.50. The van der Waals surface area contributed by atoms with Gasteiger partial charge in [0, 0.05) is 119 Å². The molecule has 0 aliphatic rings. The SMILES string of the molecule is C[C-](C)C.[CH3-].[CH3-].[W].[Y].[Y].[Y]. The van der Waals surface area contributed by atoms with Gasteiger partial charge in [-0.2, -0.15) is 20.8 Å². The van der Waals surface area contributed by atoms with Crippen molar-refractivity contribution in [3.8, 4) is 0 Å². The molecule has 4 heteroatoms. The van der Waals surface area contributed by atoms with E-state index in [0.29, 0.717) is 0 Å². The zero-order valence-corrected chi connectivity index (χ0v) is 19.1. The maximum atomic E-state index is 2.08. The van der Waals surface area contributed by atoms with Crippen LogP contribution in [0.3, 0.4) is 0 Å². The third-order valence-corrected chi connectivity index (χ3v) is 0. The second-order valence-corrected chi connectivity index (χ2v) is 1.50. The van der Waals surface area contributed by atoms with Crippen molar-refractivity contribution in [1.82, 2.24) is 0 Å². The average molecular weight is 538 g/mol. The topological polar surface area (TPSA) is 0 Å². The summed E-state index contributed by atoms with van der Waals surface area (Å²) in [4.78, 5) is 0. The summed E-state index contributed by atoms with van der Waals surface area (Å²) in [6.07, 6.45) is 0. The van der Waals surface area contributed by atoms with Crippen molar-refractivity contribution in [2.24, 2.45) is 0 Å². The van der Waals surface area contributed by atoms with E-state index in [0.717, 1.165) is 0 Å². The molecule has 0 rings (SSSR count). The van der Waals surface area contributed by atoms with E-state index in [1.54, 1.807) is 0 Å². The smallest absolute Gasteiger partial charge is 0 e. The van der Waals surface area contributed by atoms with Crippen LogP contribution in [0.1, 0.15) is 20.8 Å². The quantitative estimate of drug-likeness (QED) is 0.417. The maximum absolute atomic E-state index is 2.08. The van der Waals surface area contributed by atoms with Gasteiger partial charge in [0.1, 0.15) is 0 Å². The third-order valence-electron chi connectivity index (χ3n) is 0. The number of hydrogen-bond donors (Lipinski definition) is 0. The van der Waals surface area contributed by atoms with Crippen LogP contribution in [-0.4, -0.2) is 0 Å². The normalized spacial score (nSPS) is 3.60. The summed E-state index contributed by atoms with van der Waals surface area (Å²) in [7, 11) is 0. The molecule has 0 atom stereocenters. The molecule has 0 saturated carbocycles. The zero-order chi connectivity index (χ0) is 3.58. The summed E-state index contributed by atoms with van der Waals surface area (Å²) >= 11 is 0. The Balaban J connectivity index is -0.00000000300. The minimum atomic E-state index is 0. The van der Waals surface area contributed by atoms with E-state index in [-0.39, 0.29) is 134 Å². The Labute approximate surface area is 157 Å². The molecule has 3 radical (unpaired) electrons. The van der Waals surface area contributed by atoms with Crippen LogP contribution in [0.4, 0.5) is 0 Å². The van der Waals surface area contributed by atoms with E-state index < -0.39 is 0 Å². The van der Waals surface area contributed by atoms with Crippen molar-refractivity contribution in [2.75, 3.05) is 0 Å². The Morgan fingerprint density at radius 2 is 0.700 bits per heavy atom. The largest absolute Gasteiger partial charge is 0.358 e. The molecule has 0 aliphatic heterocycles. The van der Waals surface area contributed by atoms with Crippen molar-refractivity contribution in [3.63, 3.8) is 0 Å². The van der Waals surface area contributed by atoms with Crippen LogP contribution < -0.4 is 0 Å². The first-order chi connectivity index (χ1) is 1.73. The van der Waals surface area contributed by atoms with E-state index in [2.05, 4.69) is 20.8 Å². The van der Waals surface area contributed by atoms with E-state index >= 15 is 0 Å². The molecule has 0 saturated heterocycles. The predicted molar refractivity (Wildman–Crippen MR) is 33.1 cm³/mol. The molecule has 0 spiro atoms. The number of hydrogen-bond acceptors (Lipinski definition) is 0. The molecular formula is C6H15WY3-3. The minimum Gasteiger partial charge on any atom is -0.358 e. The monoisotopic (exact) mass is 538 g/mol. The van der Waals surface area contributed by atoms with E-state index in [1.807, 2.05) is 0 Å². The van der Waals surface area contributed by atoms with Crippen LogP contribution in [0.25, 0.3) is 0 Å². The summed E-state index contributed by atoms with van der Waals surface area (Å²) in [6.45, 7) is 6.25. The fraction of sp³-hybridized carbons (Fsp3) is 0.500. The summed E-state index contributed by atoms with van der Waals surface area (Å²) in [5, 5.41) is 0. The second kappa shape index (κ2) is 38.2. The average Bonchev–Trinajstić information content (AvgIpc) is 0.811. The van der Waals surface area contributed by atoms with Gasteiger partial charge in [0.2, 0.25) is 0 Å². The van der Waals surface area contributed by atoms with Gasteiger partial charge >= 0.3 is 0 Å². The molecule has 0 N–H and O–H groups in total. The second-order valence-electron chi connectivity index (χ2n) is 1.50.